The summed E-state index contributed by atoms with van der Waals surface area (Å²) in [5.74, 6) is 0. The molecule has 0 aliphatic rings. The van der Waals surface area contributed by atoms with Gasteiger partial charge in [-0.05, 0) is 0 Å². The average molecular weight is 481 g/mol. The minimum Gasteiger partial charge on any atom is -0.344 e. The van der Waals surface area contributed by atoms with E-state index in [-0.39, 0.29) is 27.2 Å². The molecule has 0 aliphatic heterocycles. The molecule has 0 saturated heterocycles. The molecule has 5 heavy (non-hydrogen) atoms. The monoisotopic (exact) mass is 481 g/mol. The topological polar surface area (TPSA) is 47.0 Å². The fourth-order valence-corrected chi connectivity index (χ4v) is 0. The predicted octanol–water partition coefficient (Wildman–Crippen LogP) is 1.44. The van der Waals surface area contributed by atoms with Crippen LogP contribution in [0.2, 0.25) is 0 Å². The van der Waals surface area contributed by atoms with E-state index < -0.39 is 0 Å². The van der Waals surface area contributed by atoms with Gasteiger partial charge in [0.2, 0.25) is 0 Å². The molecule has 0 heterocycles. The zero-order valence-corrected chi connectivity index (χ0v) is 8.87. The van der Waals surface area contributed by atoms with E-state index in [1.807, 2.05) is 45.7 Å². The van der Waals surface area contributed by atoms with Gasteiger partial charge in [0.25, 0.3) is 0 Å². The molecule has 0 unspecified atom stereocenters. The molecule has 0 saturated carbocycles. The minimum absolute atomic E-state index is 0. The third-order valence-electron chi connectivity index (χ3n) is 0. The first-order chi connectivity index (χ1) is 1.41. The van der Waals surface area contributed by atoms with Crippen LogP contribution in [0.3, 0.4) is 0 Å². The molecule has 0 spiro atoms. The van der Waals surface area contributed by atoms with Crippen LogP contribution >= 0.6 is 45.7 Å². The predicted molar refractivity (Wildman–Crippen MR) is 36.2 cm³/mol. The average Bonchev–Trinajstić information content (AvgIpc) is 0.918. The molecule has 0 bridgehead atoms. The van der Waals surface area contributed by atoms with Crippen LogP contribution in [0.1, 0.15) is 0 Å². The summed E-state index contributed by atoms with van der Waals surface area (Å²) in [6, 6.07) is 0. The molecule has 4 N–H and O–H groups in total. The van der Waals surface area contributed by atoms with Crippen LogP contribution in [0.5, 0.6) is 0 Å². The Hall–Kier alpha value is 2.07. The van der Waals surface area contributed by atoms with Crippen molar-refractivity contribution in [2.24, 2.45) is 0 Å². The van der Waals surface area contributed by atoms with Crippen LogP contribution in [0.15, 0.2) is 0 Å². The van der Waals surface area contributed by atoms with Crippen LogP contribution in [0.4, 0.5) is 0 Å². The van der Waals surface area contributed by atoms with Gasteiger partial charge in [0.1, 0.15) is 0 Å². The summed E-state index contributed by atoms with van der Waals surface area (Å²) in [6.07, 6.45) is 0. The van der Waals surface area contributed by atoms with Gasteiger partial charge in [0.15, 0.2) is 0 Å². The molecule has 5 heteroatoms. The van der Waals surface area contributed by atoms with E-state index in [0.29, 0.717) is 0 Å². The third kappa shape index (κ3) is 23.5. The molecule has 0 aromatic rings. The number of hydrogen-bond acceptors (Lipinski definition) is 2. The van der Waals surface area contributed by atoms with Gasteiger partial charge in [-0.3, -0.25) is 0 Å². The van der Waals surface area contributed by atoms with Crippen LogP contribution in [0.25, 0.3) is 0 Å². The second-order valence-electron chi connectivity index (χ2n) is 0.0714. The molecule has 0 radical (unpaired) electrons. The maximum atomic E-state index is 2.69. The largest absolute Gasteiger partial charge is 0.344 e. The summed E-state index contributed by atoms with van der Waals surface area (Å²) in [6.45, 7) is 0. The standard InChI is InChI=1S/HI2N.H3N.Pt/c1-3-2;;/h3H;1H3;. The van der Waals surface area contributed by atoms with Crippen LogP contribution in [0, 0.1) is 0 Å². The quantitative estimate of drug-likeness (QED) is 0.407. The second-order valence-corrected chi connectivity index (χ2v) is 3.21. The molecule has 0 aliphatic carbocycles. The zero-order chi connectivity index (χ0) is 2.71. The fourth-order valence-electron chi connectivity index (χ4n) is 0. The van der Waals surface area contributed by atoms with Crippen molar-refractivity contribution >= 4 is 45.7 Å². The van der Waals surface area contributed by atoms with E-state index >= 15 is 0 Å². The molecular formula is H4I2N2Pt. The maximum absolute atomic E-state index is 2.69. The van der Waals surface area contributed by atoms with E-state index in [2.05, 4.69) is 1.74 Å². The van der Waals surface area contributed by atoms with Crippen LogP contribution in [-0.4, -0.2) is 0 Å². The Kier molecular flexibility index (Phi) is 52.1. The van der Waals surface area contributed by atoms with Crippen molar-refractivity contribution < 1.29 is 21.1 Å². The van der Waals surface area contributed by atoms with E-state index in [4.69, 9.17) is 0 Å². The summed E-state index contributed by atoms with van der Waals surface area (Å²) in [4.78, 5) is 0. The normalized spacial score (nSPS) is 3.60. The molecule has 0 fully saturated rings. The summed E-state index contributed by atoms with van der Waals surface area (Å²) in [5.41, 5.74) is 0. The van der Waals surface area contributed by atoms with E-state index in [1.54, 1.807) is 0 Å². The van der Waals surface area contributed by atoms with Gasteiger partial charge in [-0.15, -0.1) is 0 Å². The first-order valence-corrected chi connectivity index (χ1v) is 2.54. The number of nitrogens with one attached hydrogen (secondary N) is 1. The first-order valence-electron chi connectivity index (χ1n) is 0.378. The van der Waals surface area contributed by atoms with Gasteiger partial charge in [0, 0.05) is 66.8 Å². The van der Waals surface area contributed by atoms with Crippen molar-refractivity contribution in [1.29, 1.82) is 0 Å². The van der Waals surface area contributed by atoms with Gasteiger partial charge >= 0.3 is 0 Å². The zero-order valence-electron chi connectivity index (χ0n) is 2.28. The molecule has 0 rings (SSSR count). The Labute approximate surface area is 73.7 Å². The van der Waals surface area contributed by atoms with Crippen molar-refractivity contribution in [3.05, 3.63) is 0 Å². The van der Waals surface area contributed by atoms with Crippen molar-refractivity contribution in [3.8, 4) is 0 Å². The van der Waals surface area contributed by atoms with Crippen molar-refractivity contribution in [2.45, 2.75) is 0 Å². The molecule has 0 atom stereocenters. The number of hydrogen-bond donors (Lipinski definition) is 2. The molecule has 0 amide bonds. The summed E-state index contributed by atoms with van der Waals surface area (Å²) in [5, 5.41) is 0. The SMILES string of the molecule is INI.N.[Pt]. The molecule has 2 nitrogen and oxygen atoms in total. The Morgan fingerprint density at radius 2 is 1.20 bits per heavy atom. The maximum Gasteiger partial charge on any atom is 0.0276 e. The molecule has 0 aromatic heterocycles. The minimum atomic E-state index is 0. The van der Waals surface area contributed by atoms with Gasteiger partial charge in [-0.2, -0.15) is 0 Å². The van der Waals surface area contributed by atoms with Crippen molar-refractivity contribution in [1.82, 2.24) is 7.89 Å². The second kappa shape index (κ2) is 16.6. The van der Waals surface area contributed by atoms with E-state index in [1.165, 1.54) is 0 Å². The van der Waals surface area contributed by atoms with Crippen molar-refractivity contribution in [3.63, 3.8) is 0 Å². The Bertz CT molecular complexity index is 7.61. The first kappa shape index (κ1) is 15.7. The van der Waals surface area contributed by atoms with E-state index in [0.717, 1.165) is 0 Å². The third-order valence-corrected chi connectivity index (χ3v) is 0. The van der Waals surface area contributed by atoms with Gasteiger partial charge < -0.3 is 6.15 Å². The van der Waals surface area contributed by atoms with E-state index in [9.17, 15) is 0 Å². The van der Waals surface area contributed by atoms with Crippen LogP contribution < -0.4 is 7.89 Å². The van der Waals surface area contributed by atoms with Gasteiger partial charge in [-0.1, -0.05) is 0 Å². The Morgan fingerprint density at radius 3 is 1.20 bits per heavy atom. The fraction of sp³-hybridized carbons (Fsp3) is 0. The van der Waals surface area contributed by atoms with Crippen molar-refractivity contribution in [2.75, 3.05) is 0 Å². The summed E-state index contributed by atoms with van der Waals surface area (Å²) >= 11 is 4.05. The molecular weight excluding hydrogens is 477 g/mol. The van der Waals surface area contributed by atoms with Crippen LogP contribution in [-0.2, 0) is 21.1 Å². The number of rotatable bonds is 0. The Balaban J connectivity index is -0.0000000200. The Morgan fingerprint density at radius 1 is 1.20 bits per heavy atom. The smallest absolute Gasteiger partial charge is 0.0276 e. The number of halogens is 2. The van der Waals surface area contributed by atoms with Gasteiger partial charge in [0.05, 0.1) is 0 Å². The molecule has 0 aromatic carbocycles. The summed E-state index contributed by atoms with van der Waals surface area (Å²) < 4.78 is 2.69. The summed E-state index contributed by atoms with van der Waals surface area (Å²) in [7, 11) is 0. The molecule has 38 valence electrons. The van der Waals surface area contributed by atoms with Gasteiger partial charge in [-0.25, -0.2) is 1.74 Å².